The maximum Gasteiger partial charge on any atom is 0.0726 e. The summed E-state index contributed by atoms with van der Waals surface area (Å²) in [4.78, 5) is 0. The van der Waals surface area contributed by atoms with Crippen LogP contribution in [0.3, 0.4) is 0 Å². The molecule has 0 saturated heterocycles. The highest BCUT2D eigenvalue weighted by Crippen LogP contribution is 2.64. The highest BCUT2D eigenvalue weighted by Gasteiger charge is 2.52. The van der Waals surface area contributed by atoms with Crippen LogP contribution < -0.4 is 0 Å². The second-order valence-corrected chi connectivity index (χ2v) is 9.38. The van der Waals surface area contributed by atoms with E-state index in [1.807, 2.05) is 0 Å². The van der Waals surface area contributed by atoms with E-state index in [4.69, 9.17) is 0 Å². The van der Waals surface area contributed by atoms with Gasteiger partial charge >= 0.3 is 0 Å². The SMILES string of the molecule is Ic1cccc2c1-c1ccccc1C21c2ccccc2-c2c1ccc1ccccc21. The second-order valence-electron chi connectivity index (χ2n) is 8.21. The molecule has 0 saturated carbocycles. The zero-order valence-electron chi connectivity index (χ0n) is 16.2. The van der Waals surface area contributed by atoms with Crippen molar-refractivity contribution in [3.05, 3.63) is 129 Å². The molecule has 0 amide bonds. The molecule has 7 rings (SSSR count). The number of fused-ring (bicyclic) bond motifs is 12. The zero-order chi connectivity index (χ0) is 19.9. The molecule has 0 fully saturated rings. The summed E-state index contributed by atoms with van der Waals surface area (Å²) >= 11 is 2.51. The highest BCUT2D eigenvalue weighted by atomic mass is 127. The lowest BCUT2D eigenvalue weighted by molar-refractivity contribution is 0.794. The Hall–Kier alpha value is -2.91. The van der Waals surface area contributed by atoms with E-state index in [1.165, 1.54) is 58.9 Å². The number of benzene rings is 5. The molecule has 140 valence electrons. The fraction of sp³-hybridized carbons (Fsp3) is 0.0345. The molecule has 5 aromatic rings. The van der Waals surface area contributed by atoms with Crippen molar-refractivity contribution in [2.45, 2.75) is 5.41 Å². The van der Waals surface area contributed by atoms with Crippen LogP contribution in [-0.4, -0.2) is 0 Å². The molecule has 1 unspecified atom stereocenters. The third kappa shape index (κ3) is 1.83. The van der Waals surface area contributed by atoms with Crippen LogP contribution in [0, 0.1) is 3.57 Å². The summed E-state index contributed by atoms with van der Waals surface area (Å²) in [6, 6.07) is 38.3. The second kappa shape index (κ2) is 5.83. The minimum Gasteiger partial charge on any atom is -0.0619 e. The minimum atomic E-state index is -0.247. The van der Waals surface area contributed by atoms with Crippen LogP contribution in [0.5, 0.6) is 0 Å². The number of halogens is 1. The Kier molecular flexibility index (Phi) is 3.27. The summed E-state index contributed by atoms with van der Waals surface area (Å²) in [5, 5.41) is 2.65. The van der Waals surface area contributed by atoms with E-state index in [0.717, 1.165) is 0 Å². The van der Waals surface area contributed by atoms with Gasteiger partial charge in [0.05, 0.1) is 5.41 Å². The Balaban J connectivity index is 1.76. The molecule has 0 aromatic heterocycles. The van der Waals surface area contributed by atoms with Gasteiger partial charge in [-0.1, -0.05) is 97.1 Å². The zero-order valence-corrected chi connectivity index (χ0v) is 18.4. The molecule has 0 radical (unpaired) electrons. The monoisotopic (exact) mass is 492 g/mol. The molecule has 0 bridgehead atoms. The van der Waals surface area contributed by atoms with E-state index >= 15 is 0 Å². The fourth-order valence-electron chi connectivity index (χ4n) is 5.91. The number of rotatable bonds is 0. The van der Waals surface area contributed by atoms with Crippen LogP contribution in [0.25, 0.3) is 33.0 Å². The van der Waals surface area contributed by atoms with E-state index < -0.39 is 0 Å². The van der Waals surface area contributed by atoms with Gasteiger partial charge in [0.15, 0.2) is 0 Å². The van der Waals surface area contributed by atoms with Gasteiger partial charge in [0.1, 0.15) is 0 Å². The van der Waals surface area contributed by atoms with Gasteiger partial charge in [0, 0.05) is 9.13 Å². The van der Waals surface area contributed by atoms with Crippen LogP contribution >= 0.6 is 22.6 Å². The molecule has 1 heteroatoms. The first-order valence-electron chi connectivity index (χ1n) is 10.3. The summed E-state index contributed by atoms with van der Waals surface area (Å²) in [5.41, 5.74) is 10.9. The molecule has 0 N–H and O–H groups in total. The molecular formula is C29H17I. The van der Waals surface area contributed by atoms with E-state index in [9.17, 15) is 0 Å². The smallest absolute Gasteiger partial charge is 0.0619 e. The third-order valence-corrected chi connectivity index (χ3v) is 7.85. The van der Waals surface area contributed by atoms with E-state index in [-0.39, 0.29) is 5.41 Å². The Labute approximate surface area is 189 Å². The van der Waals surface area contributed by atoms with Crippen LogP contribution in [0.15, 0.2) is 103 Å². The average molecular weight is 492 g/mol. The predicted molar refractivity (Wildman–Crippen MR) is 133 cm³/mol. The van der Waals surface area contributed by atoms with Gasteiger partial charge in [-0.25, -0.2) is 0 Å². The molecule has 2 aliphatic rings. The van der Waals surface area contributed by atoms with Gasteiger partial charge < -0.3 is 0 Å². The number of hydrogen-bond acceptors (Lipinski definition) is 0. The summed E-state index contributed by atoms with van der Waals surface area (Å²) in [7, 11) is 0. The largest absolute Gasteiger partial charge is 0.0726 e. The molecule has 0 heterocycles. The maximum absolute atomic E-state index is 2.51. The van der Waals surface area contributed by atoms with E-state index in [2.05, 4.69) is 126 Å². The van der Waals surface area contributed by atoms with Gasteiger partial charge in [0.2, 0.25) is 0 Å². The number of hydrogen-bond donors (Lipinski definition) is 0. The average Bonchev–Trinajstić information content (AvgIpc) is 3.27. The van der Waals surface area contributed by atoms with Gasteiger partial charge in [-0.05, 0) is 78.4 Å². The summed E-state index contributed by atoms with van der Waals surface area (Å²) in [5.74, 6) is 0. The lowest BCUT2D eigenvalue weighted by Crippen LogP contribution is -2.25. The van der Waals surface area contributed by atoms with Crippen molar-refractivity contribution in [2.75, 3.05) is 0 Å². The molecule has 0 aliphatic heterocycles. The van der Waals surface area contributed by atoms with Crippen LogP contribution in [0.4, 0.5) is 0 Å². The molecular weight excluding hydrogens is 475 g/mol. The van der Waals surface area contributed by atoms with E-state index in [0.29, 0.717) is 0 Å². The van der Waals surface area contributed by atoms with Crippen LogP contribution in [0.2, 0.25) is 0 Å². The summed E-state index contributed by atoms with van der Waals surface area (Å²) in [6.45, 7) is 0. The summed E-state index contributed by atoms with van der Waals surface area (Å²) in [6.07, 6.45) is 0. The first kappa shape index (κ1) is 16.8. The normalized spacial score (nSPS) is 17.6. The highest BCUT2D eigenvalue weighted by molar-refractivity contribution is 14.1. The fourth-order valence-corrected chi connectivity index (χ4v) is 6.70. The van der Waals surface area contributed by atoms with Gasteiger partial charge in [0.25, 0.3) is 0 Å². The minimum absolute atomic E-state index is 0.247. The van der Waals surface area contributed by atoms with Crippen molar-refractivity contribution in [3.63, 3.8) is 0 Å². The van der Waals surface area contributed by atoms with Crippen molar-refractivity contribution < 1.29 is 0 Å². The Morgan fingerprint density at radius 2 is 1.07 bits per heavy atom. The Bertz CT molecular complexity index is 1510. The third-order valence-electron chi connectivity index (χ3n) is 6.95. The van der Waals surface area contributed by atoms with Crippen molar-refractivity contribution in [1.82, 2.24) is 0 Å². The van der Waals surface area contributed by atoms with Gasteiger partial charge in [-0.3, -0.25) is 0 Å². The molecule has 5 aromatic carbocycles. The topological polar surface area (TPSA) is 0 Å². The van der Waals surface area contributed by atoms with Crippen LogP contribution in [0.1, 0.15) is 22.3 Å². The molecule has 30 heavy (non-hydrogen) atoms. The van der Waals surface area contributed by atoms with Crippen molar-refractivity contribution in [1.29, 1.82) is 0 Å². The van der Waals surface area contributed by atoms with Gasteiger partial charge in [-0.2, -0.15) is 0 Å². The molecule has 2 aliphatic carbocycles. The predicted octanol–water partition coefficient (Wildman–Crippen LogP) is 7.79. The Morgan fingerprint density at radius 1 is 0.467 bits per heavy atom. The first-order valence-corrected chi connectivity index (χ1v) is 11.4. The van der Waals surface area contributed by atoms with Crippen molar-refractivity contribution in [2.24, 2.45) is 0 Å². The quantitative estimate of drug-likeness (QED) is 0.190. The van der Waals surface area contributed by atoms with E-state index in [1.54, 1.807) is 0 Å². The molecule has 1 atom stereocenters. The van der Waals surface area contributed by atoms with Crippen molar-refractivity contribution in [3.8, 4) is 22.3 Å². The standard InChI is InChI=1S/C29H17I/c30-26-15-7-14-24-28(26)21-11-4-6-13-23(21)29(24)22-12-5-3-10-20(22)27-19-9-2-1-8-18(19)16-17-25(27)29/h1-17H. The molecule has 0 nitrogen and oxygen atoms in total. The van der Waals surface area contributed by atoms with Crippen LogP contribution in [-0.2, 0) is 5.41 Å². The first-order chi connectivity index (χ1) is 14.8. The van der Waals surface area contributed by atoms with Crippen molar-refractivity contribution >= 4 is 33.4 Å². The van der Waals surface area contributed by atoms with Gasteiger partial charge in [-0.15, -0.1) is 0 Å². The lowest BCUT2D eigenvalue weighted by atomic mass is 9.70. The lowest BCUT2D eigenvalue weighted by Gasteiger charge is -2.30. The maximum atomic E-state index is 2.51. The molecule has 1 spiro atoms. The summed E-state index contributed by atoms with van der Waals surface area (Å²) < 4.78 is 1.32. The Morgan fingerprint density at radius 3 is 1.87 bits per heavy atom.